The zero-order chi connectivity index (χ0) is 13.7. The Labute approximate surface area is 115 Å². The van der Waals surface area contributed by atoms with Crippen molar-refractivity contribution in [2.24, 2.45) is 0 Å². The summed E-state index contributed by atoms with van der Waals surface area (Å²) in [6, 6.07) is 9.45. The predicted octanol–water partition coefficient (Wildman–Crippen LogP) is 3.49. The van der Waals surface area contributed by atoms with E-state index in [-0.39, 0.29) is 0 Å². The molecule has 0 saturated carbocycles. The molecule has 0 fully saturated rings. The number of imidazole rings is 1. The molecule has 0 radical (unpaired) electrons. The standard InChI is InChI=1S/C16H23N3/c1-4-9-18-16(14(3)19-11-10-17-12-19)15-7-5-13(2)6-8-15/h5-8,10-12,14,16,18H,4,9H2,1-3H3. The second-order valence-electron chi connectivity index (χ2n) is 5.09. The first kappa shape index (κ1) is 13.8. The van der Waals surface area contributed by atoms with E-state index in [1.165, 1.54) is 11.1 Å². The minimum absolute atomic E-state index is 0.315. The molecule has 3 nitrogen and oxygen atoms in total. The van der Waals surface area contributed by atoms with Crippen LogP contribution < -0.4 is 5.32 Å². The molecule has 0 aliphatic rings. The number of aromatic nitrogens is 2. The Hall–Kier alpha value is -1.61. The first-order valence-corrected chi connectivity index (χ1v) is 6.99. The van der Waals surface area contributed by atoms with Crippen molar-refractivity contribution in [3.8, 4) is 0 Å². The van der Waals surface area contributed by atoms with Crippen LogP contribution in [0.1, 0.15) is 43.5 Å². The molecule has 2 aromatic rings. The molecule has 0 amide bonds. The summed E-state index contributed by atoms with van der Waals surface area (Å²) in [6.07, 6.45) is 6.89. The maximum absolute atomic E-state index is 4.15. The van der Waals surface area contributed by atoms with E-state index in [4.69, 9.17) is 0 Å². The fraction of sp³-hybridized carbons (Fsp3) is 0.438. The summed E-state index contributed by atoms with van der Waals surface area (Å²) in [5, 5.41) is 3.64. The van der Waals surface area contributed by atoms with Gasteiger partial charge in [-0.25, -0.2) is 4.98 Å². The predicted molar refractivity (Wildman–Crippen MR) is 79.2 cm³/mol. The van der Waals surface area contributed by atoms with E-state index in [0.29, 0.717) is 12.1 Å². The van der Waals surface area contributed by atoms with Gasteiger partial charge in [0.05, 0.1) is 18.4 Å². The Bertz CT molecular complexity index is 473. The van der Waals surface area contributed by atoms with Gasteiger partial charge in [-0.15, -0.1) is 0 Å². The van der Waals surface area contributed by atoms with E-state index in [1.54, 1.807) is 0 Å². The van der Waals surface area contributed by atoms with Crippen molar-refractivity contribution in [2.75, 3.05) is 6.54 Å². The number of nitrogens with zero attached hydrogens (tertiary/aromatic N) is 2. The van der Waals surface area contributed by atoms with Gasteiger partial charge in [0.15, 0.2) is 0 Å². The maximum atomic E-state index is 4.15. The molecule has 2 atom stereocenters. The van der Waals surface area contributed by atoms with Crippen LogP contribution in [0, 0.1) is 6.92 Å². The number of benzene rings is 1. The van der Waals surface area contributed by atoms with Gasteiger partial charge < -0.3 is 9.88 Å². The van der Waals surface area contributed by atoms with Crippen LogP contribution in [0.3, 0.4) is 0 Å². The molecule has 0 bridgehead atoms. The van der Waals surface area contributed by atoms with E-state index >= 15 is 0 Å². The largest absolute Gasteiger partial charge is 0.333 e. The Kier molecular flexibility index (Phi) is 4.74. The molecule has 102 valence electrons. The molecule has 1 heterocycles. The van der Waals surface area contributed by atoms with Crippen molar-refractivity contribution in [2.45, 2.75) is 39.3 Å². The summed E-state index contributed by atoms with van der Waals surface area (Å²) in [4.78, 5) is 4.15. The molecule has 2 rings (SSSR count). The van der Waals surface area contributed by atoms with Crippen LogP contribution in [0.25, 0.3) is 0 Å². The van der Waals surface area contributed by atoms with Crippen molar-refractivity contribution in [1.29, 1.82) is 0 Å². The van der Waals surface area contributed by atoms with Crippen LogP contribution in [-0.2, 0) is 0 Å². The van der Waals surface area contributed by atoms with Gasteiger partial charge in [0.1, 0.15) is 0 Å². The van der Waals surface area contributed by atoms with E-state index < -0.39 is 0 Å². The van der Waals surface area contributed by atoms with E-state index in [0.717, 1.165) is 13.0 Å². The summed E-state index contributed by atoms with van der Waals surface area (Å²) >= 11 is 0. The lowest BCUT2D eigenvalue weighted by molar-refractivity contribution is 0.379. The van der Waals surface area contributed by atoms with Crippen molar-refractivity contribution in [3.63, 3.8) is 0 Å². The lowest BCUT2D eigenvalue weighted by atomic mass is 9.99. The van der Waals surface area contributed by atoms with Gasteiger partial charge in [-0.05, 0) is 32.4 Å². The number of hydrogen-bond donors (Lipinski definition) is 1. The van der Waals surface area contributed by atoms with Crippen LogP contribution in [0.5, 0.6) is 0 Å². The molecule has 1 aromatic heterocycles. The average Bonchev–Trinajstić information content (AvgIpc) is 2.95. The van der Waals surface area contributed by atoms with Crippen LogP contribution in [0.4, 0.5) is 0 Å². The fourth-order valence-corrected chi connectivity index (χ4v) is 2.32. The first-order chi connectivity index (χ1) is 9.22. The third kappa shape index (κ3) is 3.44. The molecule has 3 heteroatoms. The van der Waals surface area contributed by atoms with Crippen molar-refractivity contribution < 1.29 is 0 Å². The maximum Gasteiger partial charge on any atom is 0.0949 e. The highest BCUT2D eigenvalue weighted by molar-refractivity contribution is 5.25. The first-order valence-electron chi connectivity index (χ1n) is 6.99. The van der Waals surface area contributed by atoms with Crippen molar-refractivity contribution in [1.82, 2.24) is 14.9 Å². The van der Waals surface area contributed by atoms with Gasteiger partial charge in [-0.3, -0.25) is 0 Å². The molecular formula is C16H23N3. The zero-order valence-electron chi connectivity index (χ0n) is 12.0. The minimum Gasteiger partial charge on any atom is -0.333 e. The van der Waals surface area contributed by atoms with Crippen LogP contribution >= 0.6 is 0 Å². The van der Waals surface area contributed by atoms with Gasteiger partial charge >= 0.3 is 0 Å². The van der Waals surface area contributed by atoms with E-state index in [1.807, 2.05) is 18.7 Å². The number of aryl methyl sites for hydroxylation is 1. The second-order valence-corrected chi connectivity index (χ2v) is 5.09. The average molecular weight is 257 g/mol. The summed E-state index contributed by atoms with van der Waals surface area (Å²) in [5.74, 6) is 0. The van der Waals surface area contributed by atoms with Gasteiger partial charge in [0.2, 0.25) is 0 Å². The topological polar surface area (TPSA) is 29.9 Å². The minimum atomic E-state index is 0.315. The zero-order valence-corrected chi connectivity index (χ0v) is 12.0. The van der Waals surface area contributed by atoms with Crippen LogP contribution in [0.15, 0.2) is 43.0 Å². The molecule has 19 heavy (non-hydrogen) atoms. The smallest absolute Gasteiger partial charge is 0.0949 e. The SMILES string of the molecule is CCCNC(c1ccc(C)cc1)C(C)n1ccnc1. The summed E-state index contributed by atoms with van der Waals surface area (Å²) in [6.45, 7) is 7.57. The third-order valence-electron chi connectivity index (χ3n) is 3.53. The molecule has 2 unspecified atom stereocenters. The highest BCUT2D eigenvalue weighted by Crippen LogP contribution is 2.26. The Morgan fingerprint density at radius 2 is 2.00 bits per heavy atom. The van der Waals surface area contributed by atoms with Crippen molar-refractivity contribution in [3.05, 3.63) is 54.1 Å². The monoisotopic (exact) mass is 257 g/mol. The molecule has 1 aromatic carbocycles. The normalized spacial score (nSPS) is 14.3. The second kappa shape index (κ2) is 6.53. The summed E-state index contributed by atoms with van der Waals surface area (Å²) < 4.78 is 2.16. The van der Waals surface area contributed by atoms with E-state index in [2.05, 4.69) is 59.9 Å². The molecule has 0 aliphatic heterocycles. The van der Waals surface area contributed by atoms with Crippen LogP contribution in [0.2, 0.25) is 0 Å². The quantitative estimate of drug-likeness (QED) is 0.858. The highest BCUT2D eigenvalue weighted by Gasteiger charge is 2.19. The number of rotatable bonds is 6. The third-order valence-corrected chi connectivity index (χ3v) is 3.53. The van der Waals surface area contributed by atoms with Gasteiger partial charge in [-0.2, -0.15) is 0 Å². The summed E-state index contributed by atoms with van der Waals surface area (Å²) in [5.41, 5.74) is 2.63. The Morgan fingerprint density at radius 1 is 1.26 bits per heavy atom. The Balaban J connectivity index is 2.22. The highest BCUT2D eigenvalue weighted by atomic mass is 15.1. The number of nitrogens with one attached hydrogen (secondary N) is 1. The fourth-order valence-electron chi connectivity index (χ4n) is 2.32. The summed E-state index contributed by atoms with van der Waals surface area (Å²) in [7, 11) is 0. The van der Waals surface area contributed by atoms with Gasteiger partial charge in [-0.1, -0.05) is 36.8 Å². The van der Waals surface area contributed by atoms with Gasteiger partial charge in [0, 0.05) is 12.4 Å². The Morgan fingerprint density at radius 3 is 2.58 bits per heavy atom. The molecular weight excluding hydrogens is 234 g/mol. The lowest BCUT2D eigenvalue weighted by Crippen LogP contribution is -2.29. The molecule has 0 aliphatic carbocycles. The van der Waals surface area contributed by atoms with E-state index in [9.17, 15) is 0 Å². The molecule has 0 spiro atoms. The number of hydrogen-bond acceptors (Lipinski definition) is 2. The molecule has 0 saturated heterocycles. The lowest BCUT2D eigenvalue weighted by Gasteiger charge is -2.27. The van der Waals surface area contributed by atoms with Crippen molar-refractivity contribution >= 4 is 0 Å². The molecule has 1 N–H and O–H groups in total. The van der Waals surface area contributed by atoms with Gasteiger partial charge in [0.25, 0.3) is 0 Å². The van der Waals surface area contributed by atoms with Crippen LogP contribution in [-0.4, -0.2) is 16.1 Å².